The Morgan fingerprint density at radius 3 is 2.40 bits per heavy atom. The molecule has 2 aromatic rings. The van der Waals surface area contributed by atoms with Crippen LogP contribution in [0.3, 0.4) is 0 Å². The normalized spacial score (nSPS) is 17.0. The molecule has 2 atom stereocenters. The van der Waals surface area contributed by atoms with Crippen molar-refractivity contribution in [2.24, 2.45) is 0 Å². The molecule has 3 rings (SSSR count). The van der Waals surface area contributed by atoms with Crippen LogP contribution >= 0.6 is 0 Å². The number of nitrogens with zero attached hydrogens (tertiary/aromatic N) is 2. The Morgan fingerprint density at radius 1 is 0.977 bits per heavy atom. The van der Waals surface area contributed by atoms with Crippen LogP contribution in [0.15, 0.2) is 42.5 Å². The van der Waals surface area contributed by atoms with Crippen molar-refractivity contribution >= 4 is 11.8 Å². The van der Waals surface area contributed by atoms with Crippen molar-refractivity contribution in [2.45, 2.75) is 84.0 Å². The maximum atomic E-state index is 14.1. The molecule has 9 nitrogen and oxygen atoms in total. The van der Waals surface area contributed by atoms with Crippen molar-refractivity contribution < 1.29 is 28.5 Å². The molecule has 0 aromatic heterocycles. The zero-order valence-corrected chi connectivity index (χ0v) is 26.9. The topological polar surface area (TPSA) is 89.6 Å². The summed E-state index contributed by atoms with van der Waals surface area (Å²) in [5, 5.41) is 3.08. The quantitative estimate of drug-likeness (QED) is 0.247. The van der Waals surface area contributed by atoms with Crippen LogP contribution in [0.4, 0.5) is 0 Å². The first kappa shape index (κ1) is 34.2. The molecule has 2 amide bonds. The fourth-order valence-corrected chi connectivity index (χ4v) is 5.67. The Morgan fingerprint density at radius 2 is 1.74 bits per heavy atom. The number of ether oxygens (including phenoxy) is 4. The fourth-order valence-electron chi connectivity index (χ4n) is 5.67. The van der Waals surface area contributed by atoms with E-state index in [0.29, 0.717) is 56.3 Å². The molecule has 0 spiro atoms. The van der Waals surface area contributed by atoms with Crippen LogP contribution < -0.4 is 19.5 Å². The molecule has 1 fully saturated rings. The predicted molar refractivity (Wildman–Crippen MR) is 169 cm³/mol. The highest BCUT2D eigenvalue weighted by Crippen LogP contribution is 2.31. The fraction of sp³-hybridized carbons (Fsp3) is 0.588. The Kier molecular flexibility index (Phi) is 14.1. The highest BCUT2D eigenvalue weighted by Gasteiger charge is 2.36. The molecule has 0 bridgehead atoms. The Hall–Kier alpha value is -3.30. The van der Waals surface area contributed by atoms with Crippen LogP contribution in [0, 0.1) is 0 Å². The number of methoxy groups -OCH3 is 3. The lowest BCUT2D eigenvalue weighted by Gasteiger charge is -2.45. The second kappa shape index (κ2) is 17.7. The number of amides is 2. The number of likely N-dealkylation sites (tertiary alicyclic amines) is 1. The molecule has 2 unspecified atom stereocenters. The van der Waals surface area contributed by atoms with E-state index in [9.17, 15) is 9.59 Å². The number of benzene rings is 2. The van der Waals surface area contributed by atoms with E-state index in [0.717, 1.165) is 43.4 Å². The Labute approximate surface area is 257 Å². The van der Waals surface area contributed by atoms with Crippen LogP contribution in [-0.4, -0.2) is 87.4 Å². The van der Waals surface area contributed by atoms with E-state index < -0.39 is 0 Å². The van der Waals surface area contributed by atoms with Gasteiger partial charge >= 0.3 is 0 Å². The van der Waals surface area contributed by atoms with Crippen molar-refractivity contribution in [3.63, 3.8) is 0 Å². The number of hydrogen-bond acceptors (Lipinski definition) is 7. The first-order valence-electron chi connectivity index (χ1n) is 15.6. The van der Waals surface area contributed by atoms with E-state index in [1.54, 1.807) is 39.5 Å². The minimum atomic E-state index is -0.0375. The molecular weight excluding hydrogens is 546 g/mol. The number of carbonyl (C=O) groups is 2. The van der Waals surface area contributed by atoms with Gasteiger partial charge in [-0.15, -0.1) is 0 Å². The summed E-state index contributed by atoms with van der Waals surface area (Å²) >= 11 is 0. The second-order valence-electron chi connectivity index (χ2n) is 11.4. The van der Waals surface area contributed by atoms with Crippen LogP contribution in [0.25, 0.3) is 0 Å². The molecule has 238 valence electrons. The van der Waals surface area contributed by atoms with E-state index >= 15 is 0 Å². The van der Waals surface area contributed by atoms with Gasteiger partial charge in [0.1, 0.15) is 5.75 Å². The van der Waals surface area contributed by atoms with Crippen molar-refractivity contribution in [3.8, 4) is 17.2 Å². The smallest absolute Gasteiger partial charge is 0.254 e. The Balaban J connectivity index is 1.81. The van der Waals surface area contributed by atoms with Gasteiger partial charge in [0, 0.05) is 69.9 Å². The highest BCUT2D eigenvalue weighted by atomic mass is 16.5. The number of hydrogen-bond donors (Lipinski definition) is 1. The molecule has 0 radical (unpaired) electrons. The van der Waals surface area contributed by atoms with E-state index in [4.69, 9.17) is 18.9 Å². The van der Waals surface area contributed by atoms with Gasteiger partial charge in [0.25, 0.3) is 5.91 Å². The molecular formula is C34H51N3O6. The second-order valence-corrected chi connectivity index (χ2v) is 11.4. The lowest BCUT2D eigenvalue weighted by Crippen LogP contribution is -2.55. The predicted octanol–water partition coefficient (Wildman–Crippen LogP) is 5.31. The SMILES string of the molecule is CCCCNC(=O)CC1CCC(N(C(=O)c2ccc(OC)c(OCCCOC)c2)C(C)C)CN1Cc1ccc(OC)cc1. The van der Waals surface area contributed by atoms with Gasteiger partial charge in [0.2, 0.25) is 5.91 Å². The number of rotatable bonds is 17. The number of unbranched alkanes of at least 4 members (excludes halogenated alkanes) is 1. The van der Waals surface area contributed by atoms with Crippen molar-refractivity contribution in [3.05, 3.63) is 53.6 Å². The van der Waals surface area contributed by atoms with Crippen LogP contribution in [-0.2, 0) is 16.1 Å². The van der Waals surface area contributed by atoms with E-state index in [2.05, 4.69) is 43.1 Å². The van der Waals surface area contributed by atoms with Gasteiger partial charge in [-0.1, -0.05) is 25.5 Å². The van der Waals surface area contributed by atoms with Crippen molar-refractivity contribution in [1.29, 1.82) is 0 Å². The third-order valence-electron chi connectivity index (χ3n) is 7.96. The Bertz CT molecular complexity index is 1140. The lowest BCUT2D eigenvalue weighted by molar-refractivity contribution is -0.123. The van der Waals surface area contributed by atoms with Crippen molar-refractivity contribution in [2.75, 3.05) is 47.6 Å². The number of nitrogens with one attached hydrogen (secondary N) is 1. The molecule has 43 heavy (non-hydrogen) atoms. The summed E-state index contributed by atoms with van der Waals surface area (Å²) in [4.78, 5) is 31.3. The summed E-state index contributed by atoms with van der Waals surface area (Å²) < 4.78 is 21.9. The van der Waals surface area contributed by atoms with Gasteiger partial charge < -0.3 is 29.2 Å². The van der Waals surface area contributed by atoms with Gasteiger partial charge in [-0.05, 0) is 69.0 Å². The minimum Gasteiger partial charge on any atom is -0.497 e. The molecule has 9 heteroatoms. The molecule has 1 N–H and O–H groups in total. The summed E-state index contributed by atoms with van der Waals surface area (Å²) in [6, 6.07) is 13.5. The summed E-state index contributed by atoms with van der Waals surface area (Å²) in [6.45, 7) is 9.38. The van der Waals surface area contributed by atoms with Gasteiger partial charge in [-0.3, -0.25) is 14.5 Å². The van der Waals surface area contributed by atoms with Crippen LogP contribution in [0.5, 0.6) is 17.2 Å². The zero-order valence-electron chi connectivity index (χ0n) is 26.9. The summed E-state index contributed by atoms with van der Waals surface area (Å²) in [6.07, 6.45) is 4.86. The third-order valence-corrected chi connectivity index (χ3v) is 7.96. The van der Waals surface area contributed by atoms with Crippen molar-refractivity contribution in [1.82, 2.24) is 15.1 Å². The van der Waals surface area contributed by atoms with E-state index in [1.807, 2.05) is 17.0 Å². The van der Waals surface area contributed by atoms with Crippen LogP contribution in [0.1, 0.15) is 75.2 Å². The molecule has 0 aliphatic carbocycles. The summed E-state index contributed by atoms with van der Waals surface area (Å²) in [5.41, 5.74) is 1.71. The number of piperidine rings is 1. The largest absolute Gasteiger partial charge is 0.497 e. The molecule has 1 saturated heterocycles. The average molecular weight is 598 g/mol. The minimum absolute atomic E-state index is 0.00155. The standard InChI is InChI=1S/C34H51N3O6/c1-7-8-18-35-33(38)22-28-13-14-29(24-36(28)23-26-10-15-30(41-5)16-11-26)37(25(2)3)34(39)27-12-17-31(42-6)32(21-27)43-20-9-19-40-4/h10-12,15-17,21,25,28-29H,7-9,13-14,18-20,22-24H2,1-6H3,(H,35,38). The van der Waals surface area contributed by atoms with Gasteiger partial charge in [-0.2, -0.15) is 0 Å². The first-order valence-corrected chi connectivity index (χ1v) is 15.6. The molecule has 1 heterocycles. The lowest BCUT2D eigenvalue weighted by atomic mass is 9.92. The third kappa shape index (κ3) is 10.1. The molecule has 0 saturated carbocycles. The van der Waals surface area contributed by atoms with Gasteiger partial charge in [-0.25, -0.2) is 0 Å². The summed E-state index contributed by atoms with van der Waals surface area (Å²) in [5.74, 6) is 2.00. The van der Waals surface area contributed by atoms with E-state index in [1.165, 1.54) is 0 Å². The van der Waals surface area contributed by atoms with Crippen LogP contribution in [0.2, 0.25) is 0 Å². The van der Waals surface area contributed by atoms with Gasteiger partial charge in [0.05, 0.1) is 20.8 Å². The molecule has 1 aliphatic heterocycles. The highest BCUT2D eigenvalue weighted by molar-refractivity contribution is 5.95. The maximum absolute atomic E-state index is 14.1. The van der Waals surface area contributed by atoms with Gasteiger partial charge in [0.15, 0.2) is 11.5 Å². The maximum Gasteiger partial charge on any atom is 0.254 e. The van der Waals surface area contributed by atoms with E-state index in [-0.39, 0.29) is 29.9 Å². The summed E-state index contributed by atoms with van der Waals surface area (Å²) in [7, 11) is 4.92. The number of carbonyl (C=O) groups excluding carboxylic acids is 2. The zero-order chi connectivity index (χ0) is 31.2. The molecule has 2 aromatic carbocycles. The first-order chi connectivity index (χ1) is 20.8. The molecule has 1 aliphatic rings. The monoisotopic (exact) mass is 597 g/mol. The average Bonchev–Trinajstić information content (AvgIpc) is 3.00.